The number of aryl methyl sites for hydroxylation is 1. The molecule has 0 bridgehead atoms. The molecule has 170 valence electrons. The number of hydrogen-bond acceptors (Lipinski definition) is 7. The molecule has 3 heterocycles. The van der Waals surface area contributed by atoms with E-state index < -0.39 is 0 Å². The molecule has 9 heteroatoms. The first-order valence-electron chi connectivity index (χ1n) is 10.9. The minimum atomic E-state index is -0.336. The number of likely N-dealkylation sites (tertiary alicyclic amines) is 1. The maximum absolute atomic E-state index is 13.2. The molecule has 0 saturated carbocycles. The lowest BCUT2D eigenvalue weighted by Gasteiger charge is -2.35. The van der Waals surface area contributed by atoms with Crippen molar-refractivity contribution in [3.8, 4) is 5.75 Å². The Balaban J connectivity index is 1.58. The molecule has 9 nitrogen and oxygen atoms in total. The molecule has 1 saturated heterocycles. The smallest absolute Gasteiger partial charge is 0.274 e. The summed E-state index contributed by atoms with van der Waals surface area (Å²) in [5, 5.41) is 2.94. The molecule has 0 unspecified atom stereocenters. The van der Waals surface area contributed by atoms with Crippen LogP contribution in [0.5, 0.6) is 5.75 Å². The van der Waals surface area contributed by atoms with Crippen LogP contribution in [-0.4, -0.2) is 50.3 Å². The molecule has 2 aromatic heterocycles. The van der Waals surface area contributed by atoms with Gasteiger partial charge in [-0.2, -0.15) is 0 Å². The predicted octanol–water partition coefficient (Wildman–Crippen LogP) is 2.88. The van der Waals surface area contributed by atoms with E-state index in [2.05, 4.69) is 25.3 Å². The van der Waals surface area contributed by atoms with Crippen molar-refractivity contribution < 1.29 is 14.3 Å². The number of rotatable bonds is 6. The lowest BCUT2D eigenvalue weighted by Crippen LogP contribution is -2.40. The Kier molecular flexibility index (Phi) is 6.87. The number of amides is 2. The Labute approximate surface area is 192 Å². The Morgan fingerprint density at radius 1 is 1.12 bits per heavy atom. The van der Waals surface area contributed by atoms with E-state index in [0.29, 0.717) is 36.6 Å². The second-order valence-corrected chi connectivity index (χ2v) is 7.85. The Morgan fingerprint density at radius 2 is 1.94 bits per heavy atom. The van der Waals surface area contributed by atoms with Crippen LogP contribution in [0.3, 0.4) is 0 Å². The first kappa shape index (κ1) is 22.3. The van der Waals surface area contributed by atoms with Gasteiger partial charge >= 0.3 is 0 Å². The Bertz CT molecular complexity index is 1120. The second-order valence-electron chi connectivity index (χ2n) is 7.85. The van der Waals surface area contributed by atoms with Crippen molar-refractivity contribution in [3.63, 3.8) is 0 Å². The summed E-state index contributed by atoms with van der Waals surface area (Å²) in [6.45, 7) is 2.69. The fraction of sp³-hybridized carbons (Fsp3) is 0.333. The van der Waals surface area contributed by atoms with E-state index in [0.717, 1.165) is 24.2 Å². The molecule has 4 rings (SSSR count). The molecule has 1 aliphatic rings. The summed E-state index contributed by atoms with van der Waals surface area (Å²) in [5.74, 6) is 0.811. The second kappa shape index (κ2) is 10.2. The van der Waals surface area contributed by atoms with Crippen LogP contribution in [0, 0.1) is 6.92 Å². The van der Waals surface area contributed by atoms with Crippen LogP contribution >= 0.6 is 0 Å². The highest BCUT2D eigenvalue weighted by molar-refractivity contribution is 5.96. The van der Waals surface area contributed by atoms with Gasteiger partial charge in [0.25, 0.3) is 11.8 Å². The summed E-state index contributed by atoms with van der Waals surface area (Å²) < 4.78 is 5.18. The number of methoxy groups -OCH3 is 1. The molecule has 1 fully saturated rings. The van der Waals surface area contributed by atoms with Gasteiger partial charge in [0.15, 0.2) is 0 Å². The first-order valence-corrected chi connectivity index (χ1v) is 10.9. The van der Waals surface area contributed by atoms with Crippen LogP contribution in [0.15, 0.2) is 49.1 Å². The maximum Gasteiger partial charge on any atom is 0.274 e. The van der Waals surface area contributed by atoms with Crippen molar-refractivity contribution in [1.29, 1.82) is 0 Å². The van der Waals surface area contributed by atoms with Crippen molar-refractivity contribution in [2.45, 2.75) is 38.8 Å². The summed E-state index contributed by atoms with van der Waals surface area (Å²) in [7, 11) is 1.61. The van der Waals surface area contributed by atoms with Gasteiger partial charge in [-0.25, -0.2) is 15.0 Å². The van der Waals surface area contributed by atoms with Gasteiger partial charge in [-0.3, -0.25) is 14.6 Å². The number of carbonyl (C=O) groups is 2. The number of carbonyl (C=O) groups excluding carboxylic acids is 2. The van der Waals surface area contributed by atoms with Crippen LogP contribution in [0.4, 0.5) is 0 Å². The van der Waals surface area contributed by atoms with E-state index in [1.807, 2.05) is 24.3 Å². The average molecular weight is 447 g/mol. The van der Waals surface area contributed by atoms with Crippen molar-refractivity contribution >= 4 is 11.8 Å². The number of nitrogens with zero attached hydrogens (tertiary/aromatic N) is 5. The molecule has 1 aliphatic heterocycles. The van der Waals surface area contributed by atoms with Gasteiger partial charge in [-0.15, -0.1) is 0 Å². The SMILES string of the molecule is COc1ccc(CNC(=O)c2cnc(C)nc2[C@H]2CCCCN2C(=O)c2cnccn2)cc1. The van der Waals surface area contributed by atoms with E-state index in [1.54, 1.807) is 25.1 Å². The van der Waals surface area contributed by atoms with Crippen LogP contribution in [-0.2, 0) is 6.54 Å². The molecular formula is C24H26N6O3. The van der Waals surface area contributed by atoms with Crippen molar-refractivity contribution in [2.24, 2.45) is 0 Å². The van der Waals surface area contributed by atoms with Crippen molar-refractivity contribution in [2.75, 3.05) is 13.7 Å². The molecule has 1 aromatic carbocycles. The minimum Gasteiger partial charge on any atom is -0.497 e. The summed E-state index contributed by atoms with van der Waals surface area (Å²) >= 11 is 0. The van der Waals surface area contributed by atoms with E-state index in [-0.39, 0.29) is 23.6 Å². The largest absolute Gasteiger partial charge is 0.497 e. The van der Waals surface area contributed by atoms with E-state index in [4.69, 9.17) is 4.74 Å². The molecule has 3 aromatic rings. The van der Waals surface area contributed by atoms with Gasteiger partial charge in [-0.05, 0) is 43.9 Å². The number of piperidine rings is 1. The summed E-state index contributed by atoms with van der Waals surface area (Å²) in [4.78, 5) is 45.1. The Morgan fingerprint density at radius 3 is 2.67 bits per heavy atom. The van der Waals surface area contributed by atoms with Gasteiger partial charge in [0.05, 0.1) is 30.6 Å². The van der Waals surface area contributed by atoms with E-state index in [9.17, 15) is 9.59 Å². The van der Waals surface area contributed by atoms with Gasteiger partial charge in [0, 0.05) is 31.7 Å². The zero-order chi connectivity index (χ0) is 23.2. The molecular weight excluding hydrogens is 420 g/mol. The third-order valence-electron chi connectivity index (χ3n) is 5.66. The molecule has 2 amide bonds. The number of ether oxygens (including phenoxy) is 1. The highest BCUT2D eigenvalue weighted by atomic mass is 16.5. The number of benzene rings is 1. The van der Waals surface area contributed by atoms with E-state index >= 15 is 0 Å². The third-order valence-corrected chi connectivity index (χ3v) is 5.66. The Hall–Kier alpha value is -3.88. The third kappa shape index (κ3) is 5.14. The molecule has 0 spiro atoms. The molecule has 0 aliphatic carbocycles. The quantitative estimate of drug-likeness (QED) is 0.620. The van der Waals surface area contributed by atoms with Gasteiger partial charge in [0.2, 0.25) is 0 Å². The fourth-order valence-electron chi connectivity index (χ4n) is 3.95. The monoisotopic (exact) mass is 446 g/mol. The lowest BCUT2D eigenvalue weighted by atomic mass is 9.95. The van der Waals surface area contributed by atoms with E-state index in [1.165, 1.54) is 18.6 Å². The van der Waals surface area contributed by atoms with Crippen molar-refractivity contribution in [3.05, 3.63) is 77.4 Å². The fourth-order valence-corrected chi connectivity index (χ4v) is 3.95. The van der Waals surface area contributed by atoms with Crippen LogP contribution in [0.1, 0.15) is 63.2 Å². The minimum absolute atomic E-state index is 0.214. The summed E-state index contributed by atoms with van der Waals surface area (Å²) in [5.41, 5.74) is 2.15. The standard InChI is InChI=1S/C24H26N6O3/c1-16-27-14-19(23(31)28-13-17-6-8-18(33-2)9-7-17)22(29-16)21-5-3-4-12-30(21)24(32)20-15-25-10-11-26-20/h6-11,14-15,21H,3-5,12-13H2,1-2H3,(H,28,31)/t21-/m1/s1. The molecule has 33 heavy (non-hydrogen) atoms. The summed E-state index contributed by atoms with van der Waals surface area (Å²) in [6.07, 6.45) is 8.56. The average Bonchev–Trinajstić information content (AvgIpc) is 2.87. The highest BCUT2D eigenvalue weighted by Gasteiger charge is 2.33. The number of nitrogens with one attached hydrogen (secondary N) is 1. The van der Waals surface area contributed by atoms with Crippen LogP contribution < -0.4 is 10.1 Å². The van der Waals surface area contributed by atoms with Crippen LogP contribution in [0.2, 0.25) is 0 Å². The van der Waals surface area contributed by atoms with Gasteiger partial charge in [-0.1, -0.05) is 12.1 Å². The predicted molar refractivity (Wildman–Crippen MR) is 121 cm³/mol. The molecule has 1 atom stereocenters. The number of hydrogen-bond donors (Lipinski definition) is 1. The normalized spacial score (nSPS) is 15.7. The topological polar surface area (TPSA) is 110 Å². The van der Waals surface area contributed by atoms with Crippen molar-refractivity contribution in [1.82, 2.24) is 30.2 Å². The van der Waals surface area contributed by atoms with Gasteiger partial charge in [0.1, 0.15) is 17.3 Å². The van der Waals surface area contributed by atoms with Crippen LogP contribution in [0.25, 0.3) is 0 Å². The molecule has 1 N–H and O–H groups in total. The zero-order valence-electron chi connectivity index (χ0n) is 18.7. The summed E-state index contributed by atoms with van der Waals surface area (Å²) in [6, 6.07) is 7.15. The number of aromatic nitrogens is 4. The zero-order valence-corrected chi connectivity index (χ0v) is 18.7. The van der Waals surface area contributed by atoms with Gasteiger partial charge < -0.3 is 15.0 Å². The highest BCUT2D eigenvalue weighted by Crippen LogP contribution is 2.32. The maximum atomic E-state index is 13.2. The lowest BCUT2D eigenvalue weighted by molar-refractivity contribution is 0.0595. The first-order chi connectivity index (χ1) is 16.1. The molecule has 0 radical (unpaired) electrons.